The molecule has 0 amide bonds. The van der Waals surface area contributed by atoms with Crippen LogP contribution in [0, 0.1) is 0 Å². The molecule has 0 unspecified atom stereocenters. The Morgan fingerprint density at radius 3 is 2.44 bits per heavy atom. The van der Waals surface area contributed by atoms with E-state index in [1.807, 2.05) is 6.92 Å². The summed E-state index contributed by atoms with van der Waals surface area (Å²) in [7, 11) is 0. The Morgan fingerprint density at radius 2 is 2.00 bits per heavy atom. The van der Waals surface area contributed by atoms with Crippen molar-refractivity contribution in [2.75, 3.05) is 0 Å². The van der Waals surface area contributed by atoms with E-state index in [9.17, 15) is 14.7 Å². The lowest BCUT2D eigenvalue weighted by Crippen LogP contribution is -2.22. The number of aliphatic hydroxyl groups excluding tert-OH is 1. The van der Waals surface area contributed by atoms with E-state index in [2.05, 4.69) is 0 Å². The predicted molar refractivity (Wildman–Crippen MR) is 59.0 cm³/mol. The zero-order valence-corrected chi connectivity index (χ0v) is 10.0. The third kappa shape index (κ3) is 2.43. The number of hydrogen-bond donors (Lipinski definition) is 1. The second-order valence-corrected chi connectivity index (χ2v) is 4.50. The van der Waals surface area contributed by atoms with Gasteiger partial charge in [-0.15, -0.1) is 0 Å². The van der Waals surface area contributed by atoms with Crippen LogP contribution in [-0.4, -0.2) is 22.5 Å². The molecule has 16 heavy (non-hydrogen) atoms. The van der Waals surface area contributed by atoms with Crippen LogP contribution in [0.25, 0.3) is 0 Å². The lowest BCUT2D eigenvalue weighted by molar-refractivity contribution is -0.146. The number of hydrogen-bond acceptors (Lipinski definition) is 4. The third-order valence-corrected chi connectivity index (χ3v) is 2.65. The zero-order chi connectivity index (χ0) is 12.3. The number of cyclic esters (lactones) is 1. The smallest absolute Gasteiger partial charge is 0.346 e. The van der Waals surface area contributed by atoms with Gasteiger partial charge < -0.3 is 9.84 Å². The first-order chi connectivity index (χ1) is 7.40. The lowest BCUT2D eigenvalue weighted by Gasteiger charge is -2.15. The van der Waals surface area contributed by atoms with Crippen molar-refractivity contribution in [2.24, 2.45) is 0 Å². The Balaban J connectivity index is 2.75. The van der Waals surface area contributed by atoms with Crippen molar-refractivity contribution >= 4 is 11.8 Å². The summed E-state index contributed by atoms with van der Waals surface area (Å²) in [5.41, 5.74) is -1.23. The summed E-state index contributed by atoms with van der Waals surface area (Å²) < 4.78 is 4.92. The predicted octanol–water partition coefficient (Wildman–Crippen LogP) is 2.28. The number of rotatable bonds is 5. The summed E-state index contributed by atoms with van der Waals surface area (Å²) in [6, 6.07) is 0. The average Bonchev–Trinajstić information content (AvgIpc) is 2.36. The highest BCUT2D eigenvalue weighted by molar-refractivity contribution is 6.19. The van der Waals surface area contributed by atoms with E-state index in [1.165, 1.54) is 0 Å². The van der Waals surface area contributed by atoms with Crippen LogP contribution < -0.4 is 0 Å². The second-order valence-electron chi connectivity index (χ2n) is 4.50. The fraction of sp³-hybridized carbons (Fsp3) is 0.667. The number of Topliss-reactive ketones (excluding diaryl/α,β-unsaturated/α-hetero) is 1. The minimum absolute atomic E-state index is 0.166. The maximum atomic E-state index is 11.7. The first-order valence-electron chi connectivity index (χ1n) is 5.60. The van der Waals surface area contributed by atoms with Crippen molar-refractivity contribution in [3.05, 3.63) is 11.3 Å². The van der Waals surface area contributed by atoms with Crippen LogP contribution in [0.1, 0.15) is 46.5 Å². The summed E-state index contributed by atoms with van der Waals surface area (Å²) in [6.45, 7) is 5.16. The van der Waals surface area contributed by atoms with Gasteiger partial charge in [-0.2, -0.15) is 0 Å². The molecule has 0 aromatic carbocycles. The standard InChI is InChI=1S/C12H18O4/c1-4-5-6-7-8(13)9-10(14)12(2,3)16-11(9)15/h14H,4-7H2,1-3H3. The van der Waals surface area contributed by atoms with Crippen LogP contribution >= 0.6 is 0 Å². The SMILES string of the molecule is CCCCCC(=O)C1=C(O)C(C)(C)OC1=O. The minimum atomic E-state index is -1.06. The molecule has 1 N–H and O–H groups in total. The van der Waals surface area contributed by atoms with Gasteiger partial charge in [0.15, 0.2) is 17.1 Å². The van der Waals surface area contributed by atoms with E-state index in [4.69, 9.17) is 4.74 Å². The van der Waals surface area contributed by atoms with Gasteiger partial charge in [0.25, 0.3) is 0 Å². The quantitative estimate of drug-likeness (QED) is 0.444. The molecule has 4 nitrogen and oxygen atoms in total. The van der Waals surface area contributed by atoms with Crippen LogP contribution in [0.15, 0.2) is 11.3 Å². The van der Waals surface area contributed by atoms with E-state index in [0.717, 1.165) is 19.3 Å². The number of esters is 1. The summed E-state index contributed by atoms with van der Waals surface area (Å²) in [4.78, 5) is 23.1. The Morgan fingerprint density at radius 1 is 1.38 bits per heavy atom. The van der Waals surface area contributed by atoms with Crippen molar-refractivity contribution in [1.29, 1.82) is 0 Å². The highest BCUT2D eigenvalue weighted by Crippen LogP contribution is 2.31. The van der Waals surface area contributed by atoms with Crippen molar-refractivity contribution < 1.29 is 19.4 Å². The summed E-state index contributed by atoms with van der Waals surface area (Å²) >= 11 is 0. The van der Waals surface area contributed by atoms with E-state index in [0.29, 0.717) is 6.42 Å². The van der Waals surface area contributed by atoms with Gasteiger partial charge in [0.2, 0.25) is 0 Å². The third-order valence-electron chi connectivity index (χ3n) is 2.65. The van der Waals surface area contributed by atoms with Crippen LogP contribution in [0.4, 0.5) is 0 Å². The minimum Gasteiger partial charge on any atom is -0.507 e. The topological polar surface area (TPSA) is 63.6 Å². The van der Waals surface area contributed by atoms with E-state index in [-0.39, 0.29) is 17.1 Å². The normalized spacial score (nSPS) is 18.8. The number of ketones is 1. The van der Waals surface area contributed by atoms with Gasteiger partial charge >= 0.3 is 5.97 Å². The Labute approximate surface area is 95.3 Å². The fourth-order valence-corrected chi connectivity index (χ4v) is 1.64. The monoisotopic (exact) mass is 226 g/mol. The number of ether oxygens (including phenoxy) is 1. The largest absolute Gasteiger partial charge is 0.507 e. The van der Waals surface area contributed by atoms with Gasteiger partial charge in [-0.3, -0.25) is 4.79 Å². The average molecular weight is 226 g/mol. The number of aliphatic hydroxyl groups is 1. The Kier molecular flexibility index (Phi) is 3.73. The molecule has 0 aliphatic carbocycles. The number of carbonyl (C=O) groups is 2. The molecule has 0 fully saturated rings. The molecule has 0 spiro atoms. The lowest BCUT2D eigenvalue weighted by atomic mass is 10.00. The molecule has 1 aliphatic heterocycles. The first kappa shape index (κ1) is 12.7. The number of unbranched alkanes of at least 4 members (excludes halogenated alkanes) is 2. The van der Waals surface area contributed by atoms with Crippen molar-refractivity contribution in [3.63, 3.8) is 0 Å². The molecule has 0 atom stereocenters. The van der Waals surface area contributed by atoms with E-state index < -0.39 is 11.6 Å². The summed E-state index contributed by atoms with van der Waals surface area (Å²) in [6.07, 6.45) is 2.98. The molecular formula is C12H18O4. The second kappa shape index (κ2) is 4.68. The summed E-state index contributed by atoms with van der Waals surface area (Å²) in [5, 5.41) is 9.73. The highest BCUT2D eigenvalue weighted by Gasteiger charge is 2.43. The summed E-state index contributed by atoms with van der Waals surface area (Å²) in [5.74, 6) is -1.26. The molecule has 1 rings (SSSR count). The van der Waals surface area contributed by atoms with Gasteiger partial charge in [0.1, 0.15) is 5.57 Å². The van der Waals surface area contributed by atoms with Crippen molar-refractivity contribution in [2.45, 2.75) is 52.1 Å². The molecule has 0 aromatic rings. The first-order valence-corrected chi connectivity index (χ1v) is 5.60. The van der Waals surface area contributed by atoms with Crippen molar-refractivity contribution in [1.82, 2.24) is 0 Å². The molecule has 0 aromatic heterocycles. The molecule has 1 aliphatic rings. The van der Waals surface area contributed by atoms with Gasteiger partial charge in [0.05, 0.1) is 0 Å². The van der Waals surface area contributed by atoms with Crippen LogP contribution in [0.2, 0.25) is 0 Å². The van der Waals surface area contributed by atoms with Gasteiger partial charge in [-0.1, -0.05) is 19.8 Å². The molecule has 0 saturated carbocycles. The van der Waals surface area contributed by atoms with Crippen LogP contribution in [0.3, 0.4) is 0 Å². The highest BCUT2D eigenvalue weighted by atomic mass is 16.6. The molecule has 1 heterocycles. The van der Waals surface area contributed by atoms with Gasteiger partial charge in [-0.05, 0) is 20.3 Å². The molecule has 0 radical (unpaired) electrons. The molecule has 4 heteroatoms. The maximum absolute atomic E-state index is 11.7. The Hall–Kier alpha value is -1.32. The number of carbonyl (C=O) groups excluding carboxylic acids is 2. The molecule has 0 saturated heterocycles. The van der Waals surface area contributed by atoms with Gasteiger partial charge in [-0.25, -0.2) is 4.79 Å². The van der Waals surface area contributed by atoms with Gasteiger partial charge in [0, 0.05) is 6.42 Å². The zero-order valence-electron chi connectivity index (χ0n) is 10.0. The Bertz CT molecular complexity index is 339. The molecule has 0 bridgehead atoms. The van der Waals surface area contributed by atoms with Crippen molar-refractivity contribution in [3.8, 4) is 0 Å². The van der Waals surface area contributed by atoms with Crippen LogP contribution in [-0.2, 0) is 14.3 Å². The molecule has 90 valence electrons. The van der Waals surface area contributed by atoms with Crippen LogP contribution in [0.5, 0.6) is 0 Å². The maximum Gasteiger partial charge on any atom is 0.346 e. The van der Waals surface area contributed by atoms with E-state index >= 15 is 0 Å². The molecular weight excluding hydrogens is 208 g/mol. The van der Waals surface area contributed by atoms with E-state index in [1.54, 1.807) is 13.8 Å². The fourth-order valence-electron chi connectivity index (χ4n) is 1.64.